The van der Waals surface area contributed by atoms with Crippen molar-refractivity contribution in [3.05, 3.63) is 44.4 Å². The van der Waals surface area contributed by atoms with Crippen LogP contribution in [0.4, 0.5) is 10.7 Å². The zero-order valence-electron chi connectivity index (χ0n) is 15.6. The summed E-state index contributed by atoms with van der Waals surface area (Å²) >= 11 is 12.3. The molecule has 0 saturated carbocycles. The Kier molecular flexibility index (Phi) is 6.09. The van der Waals surface area contributed by atoms with Gasteiger partial charge >= 0.3 is 11.8 Å². The van der Waals surface area contributed by atoms with Crippen molar-refractivity contribution >= 4 is 35.2 Å². The second-order valence-corrected chi connectivity index (χ2v) is 7.86. The molecule has 2 atom stereocenters. The highest BCUT2D eigenvalue weighted by atomic mass is 35.5. The smallest absolute Gasteiger partial charge is 0.374 e. The van der Waals surface area contributed by atoms with Crippen molar-refractivity contribution in [3.63, 3.8) is 0 Å². The number of carbonyl (C=O) groups excluding carboxylic acids is 1. The number of halogens is 2. The van der Waals surface area contributed by atoms with Crippen LogP contribution in [0.5, 0.6) is 0 Å². The minimum Gasteiger partial charge on any atom is -0.374 e. The summed E-state index contributed by atoms with van der Waals surface area (Å²) in [5, 5.41) is 7.99. The highest BCUT2D eigenvalue weighted by molar-refractivity contribution is 6.42. The lowest BCUT2D eigenvalue weighted by Gasteiger charge is -2.37. The molecule has 2 aliphatic rings. The van der Waals surface area contributed by atoms with E-state index < -0.39 is 5.76 Å². The first-order valence-corrected chi connectivity index (χ1v) is 10.2. The Balaban J connectivity index is 1.54. The molecule has 2 aliphatic heterocycles. The fraction of sp³-hybridized carbons (Fsp3) is 0.500. The van der Waals surface area contributed by atoms with Crippen molar-refractivity contribution in [1.29, 1.82) is 0 Å². The Morgan fingerprint density at radius 2 is 2.07 bits per heavy atom. The van der Waals surface area contributed by atoms with Crippen LogP contribution in [-0.4, -0.2) is 66.5 Å². The van der Waals surface area contributed by atoms with Gasteiger partial charge in [0.25, 0.3) is 5.95 Å². The van der Waals surface area contributed by atoms with Gasteiger partial charge in [0.2, 0.25) is 0 Å². The molecule has 2 amide bonds. The number of aromatic amines is 1. The summed E-state index contributed by atoms with van der Waals surface area (Å²) in [5.74, 6) is -0.570. The molecule has 2 N–H and O–H groups in total. The van der Waals surface area contributed by atoms with Gasteiger partial charge in [-0.25, -0.2) is 9.59 Å². The van der Waals surface area contributed by atoms with Crippen LogP contribution in [0.2, 0.25) is 10.0 Å². The monoisotopic (exact) mass is 441 g/mol. The van der Waals surface area contributed by atoms with E-state index in [0.717, 1.165) is 18.5 Å². The first-order chi connectivity index (χ1) is 14.0. The quantitative estimate of drug-likeness (QED) is 0.752. The second kappa shape index (κ2) is 8.74. The zero-order chi connectivity index (χ0) is 20.4. The van der Waals surface area contributed by atoms with Crippen LogP contribution in [0.15, 0.2) is 27.5 Å². The fourth-order valence-corrected chi connectivity index (χ4v) is 4.05. The molecule has 3 heterocycles. The van der Waals surface area contributed by atoms with Gasteiger partial charge in [0.1, 0.15) is 0 Å². The van der Waals surface area contributed by atoms with E-state index >= 15 is 0 Å². The number of ether oxygens (including phenoxy) is 1. The van der Waals surface area contributed by atoms with Crippen LogP contribution >= 0.6 is 23.2 Å². The summed E-state index contributed by atoms with van der Waals surface area (Å²) in [7, 11) is 0. The third-order valence-electron chi connectivity index (χ3n) is 5.19. The molecule has 4 rings (SSSR count). The molecule has 0 aliphatic carbocycles. The van der Waals surface area contributed by atoms with Crippen LogP contribution in [0.25, 0.3) is 0 Å². The molecular formula is C18H21Cl2N5O4. The number of nitrogens with one attached hydrogen (secondary N) is 2. The molecule has 1 aromatic heterocycles. The van der Waals surface area contributed by atoms with E-state index in [1.807, 2.05) is 12.1 Å². The molecule has 1 aromatic carbocycles. The molecule has 29 heavy (non-hydrogen) atoms. The predicted molar refractivity (Wildman–Crippen MR) is 108 cm³/mol. The number of aromatic nitrogens is 2. The van der Waals surface area contributed by atoms with Gasteiger partial charge in [-0.3, -0.25) is 14.4 Å². The van der Waals surface area contributed by atoms with E-state index in [1.165, 1.54) is 4.90 Å². The largest absolute Gasteiger partial charge is 0.440 e. The summed E-state index contributed by atoms with van der Waals surface area (Å²) in [5.41, 5.74) is 1.00. The van der Waals surface area contributed by atoms with Gasteiger partial charge in [0, 0.05) is 38.6 Å². The molecule has 0 radical (unpaired) electrons. The summed E-state index contributed by atoms with van der Waals surface area (Å²) in [4.78, 5) is 29.8. The number of amides is 2. The molecule has 9 nitrogen and oxygen atoms in total. The molecule has 0 unspecified atom stereocenters. The highest BCUT2D eigenvalue weighted by Gasteiger charge is 2.34. The Morgan fingerprint density at radius 3 is 2.83 bits per heavy atom. The van der Waals surface area contributed by atoms with Crippen LogP contribution in [-0.2, 0) is 4.74 Å². The van der Waals surface area contributed by atoms with Crippen molar-refractivity contribution in [2.75, 3.05) is 44.2 Å². The molecule has 2 saturated heterocycles. The molecular weight excluding hydrogens is 421 g/mol. The Hall–Kier alpha value is -2.07. The van der Waals surface area contributed by atoms with Gasteiger partial charge in [0.05, 0.1) is 22.8 Å². The lowest BCUT2D eigenvalue weighted by Crippen LogP contribution is -2.53. The zero-order valence-corrected chi connectivity index (χ0v) is 17.1. The van der Waals surface area contributed by atoms with E-state index in [9.17, 15) is 9.59 Å². The second-order valence-electron chi connectivity index (χ2n) is 7.05. The average Bonchev–Trinajstić information content (AvgIpc) is 3.00. The van der Waals surface area contributed by atoms with E-state index in [2.05, 4.69) is 20.0 Å². The molecule has 0 bridgehead atoms. The summed E-state index contributed by atoms with van der Waals surface area (Å²) in [6.07, 6.45) is 0.519. The van der Waals surface area contributed by atoms with Crippen molar-refractivity contribution < 1.29 is 14.1 Å². The van der Waals surface area contributed by atoms with Crippen LogP contribution in [0.3, 0.4) is 0 Å². The van der Waals surface area contributed by atoms with Crippen molar-refractivity contribution in [2.45, 2.75) is 18.4 Å². The summed E-state index contributed by atoms with van der Waals surface area (Å²) in [6, 6.07) is 5.32. The number of H-pyrrole nitrogens is 1. The van der Waals surface area contributed by atoms with Crippen LogP contribution < -0.4 is 16.0 Å². The third kappa shape index (κ3) is 4.42. The van der Waals surface area contributed by atoms with Gasteiger partial charge in [-0.1, -0.05) is 29.3 Å². The predicted octanol–water partition coefficient (Wildman–Crippen LogP) is 2.07. The molecule has 0 spiro atoms. The van der Waals surface area contributed by atoms with E-state index in [1.54, 1.807) is 11.0 Å². The summed E-state index contributed by atoms with van der Waals surface area (Å²) < 4.78 is 10.6. The van der Waals surface area contributed by atoms with Gasteiger partial charge in [-0.05, 0) is 29.3 Å². The molecule has 2 aromatic rings. The van der Waals surface area contributed by atoms with Gasteiger partial charge in [-0.15, -0.1) is 0 Å². The lowest BCUT2D eigenvalue weighted by molar-refractivity contribution is 0.0305. The van der Waals surface area contributed by atoms with Gasteiger partial charge < -0.3 is 15.0 Å². The average molecular weight is 442 g/mol. The van der Waals surface area contributed by atoms with Crippen LogP contribution in [0, 0.1) is 0 Å². The van der Waals surface area contributed by atoms with Crippen LogP contribution in [0.1, 0.15) is 17.9 Å². The number of hydrogen-bond donors (Lipinski definition) is 2. The first kappa shape index (κ1) is 20.2. The molecule has 2 fully saturated rings. The van der Waals surface area contributed by atoms with E-state index in [4.69, 9.17) is 27.9 Å². The maximum atomic E-state index is 13.0. The maximum Gasteiger partial charge on any atom is 0.440 e. The summed E-state index contributed by atoms with van der Waals surface area (Å²) in [6.45, 7) is 3.44. The number of urea groups is 1. The Bertz CT molecular complexity index is 933. The number of hydrogen-bond acceptors (Lipinski definition) is 6. The lowest BCUT2D eigenvalue weighted by atomic mass is 9.92. The maximum absolute atomic E-state index is 13.0. The minimum absolute atomic E-state index is 0.00213. The SMILES string of the molecule is O=C1N(C[C@H]2OCCNC[C@H]2c2ccc(Cl)c(Cl)c2)CCCN1c1noc(=O)[nH]1. The number of rotatable bonds is 4. The van der Waals surface area contributed by atoms with Crippen molar-refractivity contribution in [1.82, 2.24) is 20.4 Å². The number of anilines is 1. The van der Waals surface area contributed by atoms with Crippen molar-refractivity contribution in [2.24, 2.45) is 0 Å². The van der Waals surface area contributed by atoms with Gasteiger partial charge in [0.15, 0.2) is 0 Å². The highest BCUT2D eigenvalue weighted by Crippen LogP contribution is 2.30. The molecule has 156 valence electrons. The Labute approximate surface area is 176 Å². The van der Waals surface area contributed by atoms with E-state index in [-0.39, 0.29) is 24.0 Å². The topological polar surface area (TPSA) is 104 Å². The first-order valence-electron chi connectivity index (χ1n) is 9.42. The Morgan fingerprint density at radius 1 is 1.21 bits per heavy atom. The number of benzene rings is 1. The minimum atomic E-state index is -0.692. The van der Waals surface area contributed by atoms with Gasteiger partial charge in [-0.2, -0.15) is 0 Å². The van der Waals surface area contributed by atoms with E-state index in [0.29, 0.717) is 42.8 Å². The standard InChI is InChI=1S/C18H21Cl2N5O4/c19-13-3-2-11(8-14(13)20)12-9-21-4-7-28-15(12)10-24-5-1-6-25(18(24)27)16-22-17(26)29-23-16/h2-3,8,12,15,21H,1,4-7,9-10H2,(H,22,23,26)/t12-,15+/m0/s1. The fourth-order valence-electron chi connectivity index (χ4n) is 3.75. The third-order valence-corrected chi connectivity index (χ3v) is 5.93. The normalized spacial score (nSPS) is 23.3. The van der Waals surface area contributed by atoms with Crippen molar-refractivity contribution in [3.8, 4) is 0 Å². The number of nitrogens with zero attached hydrogens (tertiary/aromatic N) is 3. The molecule has 11 heteroatoms. The number of carbonyl (C=O) groups is 1.